The summed E-state index contributed by atoms with van der Waals surface area (Å²) in [6.45, 7) is 6.75. The second kappa shape index (κ2) is 22.9. The van der Waals surface area contributed by atoms with Crippen LogP contribution in [0.15, 0.2) is 66.2 Å². The van der Waals surface area contributed by atoms with E-state index in [1.165, 1.54) is 19.3 Å². The number of ketones is 2. The Labute approximate surface area is 218 Å². The minimum absolute atomic E-state index is 0.00854. The van der Waals surface area contributed by atoms with Crippen LogP contribution in [0.3, 0.4) is 0 Å². The first-order valence-electron chi connectivity index (χ1n) is 11.7. The number of carbonyl (C=O) groups is 2. The average Bonchev–Trinajstić information content (AvgIpc) is 2.91. The van der Waals surface area contributed by atoms with Crippen LogP contribution in [-0.2, 0) is 0 Å². The molecule has 1 fully saturated rings. The molecule has 0 amide bonds. The smallest absolute Gasteiger partial charge is 0.190 e. The van der Waals surface area contributed by atoms with Crippen molar-refractivity contribution in [3.8, 4) is 0 Å². The lowest BCUT2D eigenvalue weighted by molar-refractivity contribution is 0.0970. The molecular weight excluding hydrogens is 519 g/mol. The normalized spacial score (nSPS) is 13.7. The zero-order chi connectivity index (χ0) is 26.4. The predicted molar refractivity (Wildman–Crippen MR) is 147 cm³/mol. The summed E-state index contributed by atoms with van der Waals surface area (Å²) in [7, 11) is 0. The van der Waals surface area contributed by atoms with E-state index in [2.05, 4.69) is 15.9 Å². The number of allylic oxidation sites excluding steroid dienone is 2. The predicted octanol–water partition coefficient (Wildman–Crippen LogP) is 8.88. The number of halogens is 3. The average molecular weight is 558 g/mol. The number of rotatable bonds is 1. The van der Waals surface area contributed by atoms with Crippen LogP contribution in [0, 0.1) is 5.92 Å². The zero-order valence-electron chi connectivity index (χ0n) is 21.0. The van der Waals surface area contributed by atoms with Gasteiger partial charge in [-0.05, 0) is 42.8 Å². The number of benzene rings is 2. The summed E-state index contributed by atoms with van der Waals surface area (Å²) in [5.41, 5.74) is 1.89. The fraction of sp³-hybridized carbons (Fsp3) is 0.429. The largest absolute Gasteiger partial charge is 0.366 e. The van der Waals surface area contributed by atoms with E-state index in [0.717, 1.165) is 23.4 Å². The van der Waals surface area contributed by atoms with Crippen molar-refractivity contribution in [2.24, 2.45) is 5.92 Å². The molecule has 0 radical (unpaired) electrons. The van der Waals surface area contributed by atoms with Gasteiger partial charge in [0.15, 0.2) is 18.4 Å². The van der Waals surface area contributed by atoms with Crippen LogP contribution >= 0.6 is 27.5 Å². The van der Waals surface area contributed by atoms with Crippen LogP contribution in [0.1, 0.15) is 80.5 Å². The Hall–Kier alpha value is -1.82. The fourth-order valence-electron chi connectivity index (χ4n) is 3.47. The number of carbonyl (C=O) groups excluding carboxylic acids is 2. The van der Waals surface area contributed by atoms with Gasteiger partial charge >= 0.3 is 0 Å². The molecule has 2 aliphatic rings. The zero-order valence-corrected chi connectivity index (χ0v) is 23.3. The van der Waals surface area contributed by atoms with Crippen LogP contribution in [-0.4, -0.2) is 29.4 Å². The lowest BCUT2D eigenvalue weighted by Gasteiger charge is -2.26. The maximum absolute atomic E-state index is 12.4. The van der Waals surface area contributed by atoms with Crippen molar-refractivity contribution in [2.75, 3.05) is 12.7 Å². The molecule has 0 bridgehead atoms. The van der Waals surface area contributed by atoms with E-state index in [1.54, 1.807) is 18.2 Å². The van der Waals surface area contributed by atoms with E-state index in [1.807, 2.05) is 76.0 Å². The molecule has 0 atom stereocenters. The second-order valence-electron chi connectivity index (χ2n) is 6.59. The summed E-state index contributed by atoms with van der Waals surface area (Å²) >= 11 is 8.48. The Morgan fingerprint density at radius 3 is 1.74 bits per heavy atom. The molecule has 1 N–H and O–H groups in total. The molecule has 0 heterocycles. The Morgan fingerprint density at radius 1 is 0.853 bits per heavy atom. The van der Waals surface area contributed by atoms with Crippen LogP contribution < -0.4 is 0 Å². The molecule has 4 rings (SSSR count). The minimum Gasteiger partial charge on any atom is -0.366 e. The van der Waals surface area contributed by atoms with Gasteiger partial charge in [-0.15, -0.1) is 0 Å². The van der Waals surface area contributed by atoms with E-state index in [9.17, 15) is 14.0 Å². The van der Waals surface area contributed by atoms with E-state index in [-0.39, 0.29) is 11.6 Å². The SMILES string of the molecule is CBr.CC.CC.Clc1ccccc1.O=C1C=C(C2CCCCC2)C(=O)c2ccccc21.OCF. The first-order valence-corrected chi connectivity index (χ1v) is 13.7. The van der Waals surface area contributed by atoms with Crippen molar-refractivity contribution < 1.29 is 19.1 Å². The summed E-state index contributed by atoms with van der Waals surface area (Å²) in [6, 6.07) is 16.6. The minimum atomic E-state index is -1.25. The van der Waals surface area contributed by atoms with Gasteiger partial charge in [0, 0.05) is 21.7 Å². The van der Waals surface area contributed by atoms with Gasteiger partial charge in [-0.2, -0.15) is 0 Å². The topological polar surface area (TPSA) is 54.4 Å². The Bertz CT molecular complexity index is 819. The van der Waals surface area contributed by atoms with Gasteiger partial charge in [0.1, 0.15) is 0 Å². The molecule has 3 nitrogen and oxygen atoms in total. The molecule has 0 unspecified atom stereocenters. The highest BCUT2D eigenvalue weighted by Crippen LogP contribution is 2.34. The van der Waals surface area contributed by atoms with Crippen LogP contribution in [0.4, 0.5) is 4.39 Å². The van der Waals surface area contributed by atoms with Gasteiger partial charge in [0.25, 0.3) is 0 Å². The van der Waals surface area contributed by atoms with Crippen LogP contribution in [0.5, 0.6) is 0 Å². The number of hydrogen-bond acceptors (Lipinski definition) is 3. The number of fused-ring (bicyclic) bond motifs is 1. The summed E-state index contributed by atoms with van der Waals surface area (Å²) in [4.78, 5) is 24.5. The lowest BCUT2D eigenvalue weighted by Crippen LogP contribution is -2.23. The highest BCUT2D eigenvalue weighted by atomic mass is 79.9. The standard InChI is InChI=1S/C16H16O2.C6H5Cl.2C2H6.CH3Br.CH3FO/c17-15-10-14(11-6-2-1-3-7-11)16(18)13-9-5-4-8-12(13)15;7-6-4-2-1-3-5-6;3*1-2;2-1-3/h4-5,8-11H,1-3,6-7H2;1-5H;2*1-2H3;1H3;3H,1H2. The van der Waals surface area contributed by atoms with Crippen molar-refractivity contribution in [1.29, 1.82) is 0 Å². The monoisotopic (exact) mass is 556 g/mol. The summed E-state index contributed by atoms with van der Waals surface area (Å²) in [5.74, 6) is 2.17. The van der Waals surface area contributed by atoms with Crippen molar-refractivity contribution in [3.05, 3.63) is 82.4 Å². The summed E-state index contributed by atoms with van der Waals surface area (Å²) in [5, 5.41) is 7.70. The van der Waals surface area contributed by atoms with Gasteiger partial charge in [-0.25, -0.2) is 4.39 Å². The third-order valence-electron chi connectivity index (χ3n) is 4.76. The molecule has 190 valence electrons. The van der Waals surface area contributed by atoms with Gasteiger partial charge in [0.2, 0.25) is 0 Å². The van der Waals surface area contributed by atoms with E-state index in [0.29, 0.717) is 17.0 Å². The molecule has 1 saturated carbocycles. The van der Waals surface area contributed by atoms with Gasteiger partial charge in [-0.1, -0.05) is 117 Å². The summed E-state index contributed by atoms with van der Waals surface area (Å²) < 4.78 is 9.85. The van der Waals surface area contributed by atoms with Gasteiger partial charge in [-0.3, -0.25) is 9.59 Å². The number of hydrogen-bond donors (Lipinski definition) is 1. The molecule has 2 aromatic carbocycles. The molecule has 2 aromatic rings. The molecular formula is C28H39BrClFO3. The van der Waals surface area contributed by atoms with E-state index < -0.39 is 6.86 Å². The van der Waals surface area contributed by atoms with E-state index in [4.69, 9.17) is 16.7 Å². The van der Waals surface area contributed by atoms with Gasteiger partial charge in [0.05, 0.1) is 0 Å². The number of aliphatic hydroxyl groups excluding tert-OH is 1. The molecule has 2 aliphatic carbocycles. The number of alkyl halides is 2. The Morgan fingerprint density at radius 2 is 1.29 bits per heavy atom. The lowest BCUT2D eigenvalue weighted by atomic mass is 9.77. The summed E-state index contributed by atoms with van der Waals surface area (Å²) in [6.07, 6.45) is 7.28. The highest BCUT2D eigenvalue weighted by Gasteiger charge is 2.30. The van der Waals surface area contributed by atoms with Crippen molar-refractivity contribution in [2.45, 2.75) is 59.8 Å². The first kappa shape index (κ1) is 34.3. The molecule has 0 saturated heterocycles. The molecule has 0 aliphatic heterocycles. The third-order valence-corrected chi connectivity index (χ3v) is 5.02. The fourth-order valence-corrected chi connectivity index (χ4v) is 3.61. The maximum atomic E-state index is 12.4. The van der Waals surface area contributed by atoms with Crippen LogP contribution in [0.25, 0.3) is 0 Å². The number of aliphatic hydroxyl groups is 1. The molecule has 0 spiro atoms. The Kier molecular flexibility index (Phi) is 23.2. The second-order valence-corrected chi connectivity index (χ2v) is 7.03. The van der Waals surface area contributed by atoms with Crippen molar-refractivity contribution in [1.82, 2.24) is 0 Å². The highest BCUT2D eigenvalue weighted by molar-refractivity contribution is 9.08. The molecule has 0 aromatic heterocycles. The third kappa shape index (κ3) is 12.6. The van der Waals surface area contributed by atoms with Crippen LogP contribution in [0.2, 0.25) is 5.02 Å². The number of Topliss-reactive ketones (excluding diaryl/α,β-unsaturated/α-hetero) is 1. The maximum Gasteiger partial charge on any atom is 0.190 e. The van der Waals surface area contributed by atoms with Crippen molar-refractivity contribution >= 4 is 39.1 Å². The quantitative estimate of drug-likeness (QED) is 0.356. The van der Waals surface area contributed by atoms with Crippen molar-refractivity contribution in [3.63, 3.8) is 0 Å². The molecule has 34 heavy (non-hydrogen) atoms. The first-order chi connectivity index (χ1) is 16.6. The Balaban J connectivity index is 0. The van der Waals surface area contributed by atoms with E-state index >= 15 is 0 Å². The van der Waals surface area contributed by atoms with Gasteiger partial charge < -0.3 is 5.11 Å². The molecule has 6 heteroatoms.